The van der Waals surface area contributed by atoms with E-state index in [0.29, 0.717) is 34.6 Å². The van der Waals surface area contributed by atoms with Crippen LogP contribution in [0.5, 0.6) is 0 Å². The lowest BCUT2D eigenvalue weighted by atomic mass is 10.0. The van der Waals surface area contributed by atoms with Crippen LogP contribution in [0.4, 0.5) is 0 Å². The van der Waals surface area contributed by atoms with E-state index in [2.05, 4.69) is 11.9 Å². The van der Waals surface area contributed by atoms with E-state index in [4.69, 9.17) is 23.2 Å². The van der Waals surface area contributed by atoms with Gasteiger partial charge >= 0.3 is 0 Å². The Kier molecular flexibility index (Phi) is 4.09. The Morgan fingerprint density at radius 1 is 1.43 bits per heavy atom. The predicted octanol–water partition coefficient (Wildman–Crippen LogP) is 3.79. The van der Waals surface area contributed by atoms with Crippen LogP contribution >= 0.6 is 23.2 Å². The number of halogens is 2. The molecule has 0 bridgehead atoms. The number of carbonyl (C=O) groups is 1. The molecule has 0 radical (unpaired) electrons. The molecule has 0 aromatic carbocycles. The number of rotatable bonds is 4. The number of likely N-dealkylation sites (tertiary alicyclic amines) is 1. The fraction of sp³-hybridized carbons (Fsp3) is 0.467. The first-order valence-corrected chi connectivity index (χ1v) is 7.92. The lowest BCUT2D eigenvalue weighted by Gasteiger charge is -2.16. The summed E-state index contributed by atoms with van der Waals surface area (Å²) in [4.78, 5) is 18.3. The minimum Gasteiger partial charge on any atom is -0.337 e. The minimum absolute atomic E-state index is 0.219. The maximum Gasteiger partial charge on any atom is 0.223 e. The number of imidazole rings is 1. The molecular formula is C15H17Cl2N3O. The first-order chi connectivity index (χ1) is 10.1. The first kappa shape index (κ1) is 14.7. The number of pyridine rings is 1. The van der Waals surface area contributed by atoms with Crippen molar-refractivity contribution in [1.82, 2.24) is 14.3 Å². The molecule has 3 rings (SSSR count). The number of fused-ring (bicyclic) bond motifs is 1. The van der Waals surface area contributed by atoms with Crippen LogP contribution in [0.15, 0.2) is 18.5 Å². The van der Waals surface area contributed by atoms with E-state index in [9.17, 15) is 4.79 Å². The summed E-state index contributed by atoms with van der Waals surface area (Å²) in [5, 5.41) is 1.08. The van der Waals surface area contributed by atoms with E-state index in [1.165, 1.54) is 0 Å². The van der Waals surface area contributed by atoms with Gasteiger partial charge in [-0.2, -0.15) is 0 Å². The summed E-state index contributed by atoms with van der Waals surface area (Å²) in [7, 11) is 0. The van der Waals surface area contributed by atoms with E-state index >= 15 is 0 Å². The Hall–Kier alpha value is -1.26. The van der Waals surface area contributed by atoms with Gasteiger partial charge in [0.1, 0.15) is 0 Å². The lowest BCUT2D eigenvalue weighted by Crippen LogP contribution is -2.25. The van der Waals surface area contributed by atoms with Gasteiger partial charge in [0.15, 0.2) is 5.65 Å². The summed E-state index contributed by atoms with van der Waals surface area (Å²) in [5.74, 6) is 0.699. The Labute approximate surface area is 133 Å². The van der Waals surface area contributed by atoms with E-state index in [-0.39, 0.29) is 5.91 Å². The highest BCUT2D eigenvalue weighted by atomic mass is 35.5. The van der Waals surface area contributed by atoms with E-state index in [0.717, 1.165) is 25.1 Å². The van der Waals surface area contributed by atoms with Crippen LogP contribution in [0.2, 0.25) is 10.0 Å². The van der Waals surface area contributed by atoms with Gasteiger partial charge in [-0.25, -0.2) is 4.98 Å². The maximum atomic E-state index is 12.1. The van der Waals surface area contributed by atoms with Gasteiger partial charge in [0.25, 0.3) is 0 Å². The molecule has 1 aliphatic heterocycles. The average Bonchev–Trinajstić information content (AvgIpc) is 2.96. The summed E-state index contributed by atoms with van der Waals surface area (Å²) in [6, 6.07) is 1.67. The molecule has 0 aliphatic carbocycles. The molecule has 3 heterocycles. The number of hydrogen-bond donors (Lipinski definition) is 0. The zero-order chi connectivity index (χ0) is 15.0. The Morgan fingerprint density at radius 3 is 3.00 bits per heavy atom. The maximum absolute atomic E-state index is 12.1. The number of nitrogens with zero attached hydrogens (tertiary/aromatic N) is 3. The third-order valence-corrected chi connectivity index (χ3v) is 4.43. The van der Waals surface area contributed by atoms with E-state index in [1.807, 2.05) is 9.30 Å². The zero-order valence-electron chi connectivity index (χ0n) is 11.9. The standard InChI is InChI=1S/C15H17Cl2N3O/c1-2-3-10-4-14(21)19(7-10)9-12-6-18-15-13(17)5-11(16)8-20(12)15/h5-6,8,10H,2-4,7,9H2,1H3. The number of amides is 1. The zero-order valence-corrected chi connectivity index (χ0v) is 13.4. The summed E-state index contributed by atoms with van der Waals surface area (Å²) >= 11 is 12.2. The molecule has 2 aromatic heterocycles. The number of hydrogen-bond acceptors (Lipinski definition) is 2. The molecule has 1 saturated heterocycles. The van der Waals surface area contributed by atoms with Crippen LogP contribution in [-0.4, -0.2) is 26.7 Å². The molecule has 1 aliphatic rings. The van der Waals surface area contributed by atoms with Gasteiger partial charge in [-0.05, 0) is 18.4 Å². The Balaban J connectivity index is 1.84. The molecule has 112 valence electrons. The van der Waals surface area contributed by atoms with Crippen molar-refractivity contribution in [3.8, 4) is 0 Å². The predicted molar refractivity (Wildman–Crippen MR) is 83.6 cm³/mol. The van der Waals surface area contributed by atoms with Gasteiger partial charge in [0, 0.05) is 19.2 Å². The number of aromatic nitrogens is 2. The van der Waals surface area contributed by atoms with Crippen LogP contribution in [0.3, 0.4) is 0 Å². The molecule has 6 heteroatoms. The van der Waals surface area contributed by atoms with Gasteiger partial charge in [-0.1, -0.05) is 36.5 Å². The molecule has 2 aromatic rings. The molecule has 0 saturated carbocycles. The molecule has 0 spiro atoms. The fourth-order valence-electron chi connectivity index (χ4n) is 2.98. The molecular weight excluding hydrogens is 309 g/mol. The molecule has 1 atom stereocenters. The first-order valence-electron chi connectivity index (χ1n) is 7.17. The highest BCUT2D eigenvalue weighted by Gasteiger charge is 2.29. The van der Waals surface area contributed by atoms with Crippen LogP contribution < -0.4 is 0 Å². The smallest absolute Gasteiger partial charge is 0.223 e. The lowest BCUT2D eigenvalue weighted by molar-refractivity contribution is -0.128. The van der Waals surface area contributed by atoms with Gasteiger partial charge < -0.3 is 4.90 Å². The average molecular weight is 326 g/mol. The minimum atomic E-state index is 0.219. The van der Waals surface area contributed by atoms with Crippen molar-refractivity contribution in [3.05, 3.63) is 34.2 Å². The van der Waals surface area contributed by atoms with Crippen LogP contribution in [-0.2, 0) is 11.3 Å². The highest BCUT2D eigenvalue weighted by molar-refractivity contribution is 6.36. The highest BCUT2D eigenvalue weighted by Crippen LogP contribution is 2.26. The Bertz CT molecular complexity index is 683. The van der Waals surface area contributed by atoms with Gasteiger partial charge in [0.2, 0.25) is 5.91 Å². The largest absolute Gasteiger partial charge is 0.337 e. The molecule has 1 amide bonds. The van der Waals surface area contributed by atoms with Crippen molar-refractivity contribution >= 4 is 34.8 Å². The van der Waals surface area contributed by atoms with E-state index < -0.39 is 0 Å². The van der Waals surface area contributed by atoms with Crippen molar-refractivity contribution in [2.75, 3.05) is 6.54 Å². The molecule has 0 N–H and O–H groups in total. The van der Waals surface area contributed by atoms with Gasteiger partial charge in [0.05, 0.1) is 28.5 Å². The second-order valence-electron chi connectivity index (χ2n) is 5.58. The third-order valence-electron chi connectivity index (χ3n) is 3.95. The summed E-state index contributed by atoms with van der Waals surface area (Å²) in [6.07, 6.45) is 6.43. The van der Waals surface area contributed by atoms with Crippen molar-refractivity contribution in [2.45, 2.75) is 32.7 Å². The van der Waals surface area contributed by atoms with Crippen molar-refractivity contribution in [1.29, 1.82) is 0 Å². The van der Waals surface area contributed by atoms with Crippen molar-refractivity contribution < 1.29 is 4.79 Å². The van der Waals surface area contributed by atoms with Crippen molar-refractivity contribution in [3.63, 3.8) is 0 Å². The Morgan fingerprint density at radius 2 is 2.24 bits per heavy atom. The molecule has 1 fully saturated rings. The third kappa shape index (κ3) is 2.87. The summed E-state index contributed by atoms with van der Waals surface area (Å²) in [5.41, 5.74) is 1.60. The SMILES string of the molecule is CCCC1CC(=O)N(Cc2cnc3c(Cl)cc(Cl)cn23)C1. The molecule has 4 nitrogen and oxygen atoms in total. The quantitative estimate of drug-likeness (QED) is 0.857. The molecule has 1 unspecified atom stereocenters. The van der Waals surface area contributed by atoms with Crippen LogP contribution in [0.25, 0.3) is 5.65 Å². The fourth-order valence-corrected chi connectivity index (χ4v) is 3.50. The van der Waals surface area contributed by atoms with E-state index in [1.54, 1.807) is 18.5 Å². The van der Waals surface area contributed by atoms with Crippen LogP contribution in [0, 0.1) is 5.92 Å². The normalized spacial score (nSPS) is 18.9. The second kappa shape index (κ2) is 5.85. The van der Waals surface area contributed by atoms with Crippen molar-refractivity contribution in [2.24, 2.45) is 5.92 Å². The number of carbonyl (C=O) groups excluding carboxylic acids is 1. The topological polar surface area (TPSA) is 37.6 Å². The van der Waals surface area contributed by atoms with Gasteiger partial charge in [-0.15, -0.1) is 0 Å². The second-order valence-corrected chi connectivity index (χ2v) is 6.43. The van der Waals surface area contributed by atoms with Crippen LogP contribution in [0.1, 0.15) is 31.9 Å². The van der Waals surface area contributed by atoms with Gasteiger partial charge in [-0.3, -0.25) is 9.20 Å². The molecule has 21 heavy (non-hydrogen) atoms. The summed E-state index contributed by atoms with van der Waals surface area (Å²) in [6.45, 7) is 3.53. The monoisotopic (exact) mass is 325 g/mol. The summed E-state index contributed by atoms with van der Waals surface area (Å²) < 4.78 is 1.87.